The number of hydrogen-bond donors (Lipinski definition) is 1. The molecule has 0 spiro atoms. The summed E-state index contributed by atoms with van der Waals surface area (Å²) in [5, 5.41) is 0. The third-order valence-corrected chi connectivity index (χ3v) is 3.80. The lowest BCUT2D eigenvalue weighted by atomic mass is 9.85. The smallest absolute Gasteiger partial charge is 0.229 e. The average Bonchev–Trinajstić information content (AvgIpc) is 2.90. The zero-order chi connectivity index (χ0) is 10.2. The van der Waals surface area contributed by atoms with Crippen molar-refractivity contribution in [2.75, 3.05) is 20.1 Å². The van der Waals surface area contributed by atoms with Crippen LogP contribution in [0.5, 0.6) is 0 Å². The molecule has 2 aliphatic carbocycles. The van der Waals surface area contributed by atoms with Gasteiger partial charge in [-0.15, -0.1) is 0 Å². The first-order valence-electron chi connectivity index (χ1n) is 5.63. The molecule has 0 unspecified atom stereocenters. The van der Waals surface area contributed by atoms with Gasteiger partial charge in [-0.1, -0.05) is 6.42 Å². The van der Waals surface area contributed by atoms with E-state index < -0.39 is 0 Å². The van der Waals surface area contributed by atoms with Gasteiger partial charge in [-0.2, -0.15) is 0 Å². The highest BCUT2D eigenvalue weighted by molar-refractivity contribution is 5.85. The van der Waals surface area contributed by atoms with Gasteiger partial charge >= 0.3 is 0 Å². The van der Waals surface area contributed by atoms with Crippen molar-refractivity contribution in [1.29, 1.82) is 0 Å². The van der Waals surface area contributed by atoms with Gasteiger partial charge in [0.2, 0.25) is 5.91 Å². The molecule has 2 N–H and O–H groups in total. The summed E-state index contributed by atoms with van der Waals surface area (Å²) < 4.78 is 0. The standard InChI is InChI=1S/C11H20N2O/c1-13(7-9-3-2-4-9)10(14)11(8-12)5-6-11/h9H,2-8,12H2,1H3. The lowest BCUT2D eigenvalue weighted by molar-refractivity contribution is -0.136. The molecule has 2 aliphatic rings. The molecule has 0 bridgehead atoms. The van der Waals surface area contributed by atoms with Gasteiger partial charge in [-0.3, -0.25) is 4.79 Å². The second-order valence-electron chi connectivity index (χ2n) is 4.97. The van der Waals surface area contributed by atoms with Crippen LogP contribution in [0.25, 0.3) is 0 Å². The van der Waals surface area contributed by atoms with Crippen LogP contribution in [0.4, 0.5) is 0 Å². The minimum Gasteiger partial charge on any atom is -0.345 e. The topological polar surface area (TPSA) is 46.3 Å². The maximum Gasteiger partial charge on any atom is 0.229 e. The van der Waals surface area contributed by atoms with Crippen molar-refractivity contribution >= 4 is 5.91 Å². The molecule has 0 heterocycles. The molecule has 3 nitrogen and oxygen atoms in total. The summed E-state index contributed by atoms with van der Waals surface area (Å²) >= 11 is 0. The maximum absolute atomic E-state index is 12.0. The Kier molecular flexibility index (Phi) is 2.52. The predicted octanol–water partition coefficient (Wildman–Crippen LogP) is 0.984. The van der Waals surface area contributed by atoms with Crippen LogP contribution in [0.2, 0.25) is 0 Å². The molecular weight excluding hydrogens is 176 g/mol. The third kappa shape index (κ3) is 1.65. The van der Waals surface area contributed by atoms with Crippen molar-refractivity contribution in [2.24, 2.45) is 17.1 Å². The summed E-state index contributed by atoms with van der Waals surface area (Å²) in [6.07, 6.45) is 5.93. The molecule has 2 saturated carbocycles. The van der Waals surface area contributed by atoms with E-state index in [-0.39, 0.29) is 11.3 Å². The van der Waals surface area contributed by atoms with Crippen LogP contribution < -0.4 is 5.73 Å². The first-order chi connectivity index (χ1) is 6.68. The fourth-order valence-electron chi connectivity index (χ4n) is 2.21. The highest BCUT2D eigenvalue weighted by Crippen LogP contribution is 2.46. The van der Waals surface area contributed by atoms with Gasteiger partial charge in [0.05, 0.1) is 5.41 Å². The van der Waals surface area contributed by atoms with Gasteiger partial charge in [0.15, 0.2) is 0 Å². The van der Waals surface area contributed by atoms with Crippen LogP contribution >= 0.6 is 0 Å². The van der Waals surface area contributed by atoms with E-state index in [1.54, 1.807) is 0 Å². The Morgan fingerprint density at radius 2 is 2.14 bits per heavy atom. The Hall–Kier alpha value is -0.570. The molecule has 0 aliphatic heterocycles. The summed E-state index contributed by atoms with van der Waals surface area (Å²) in [7, 11) is 1.93. The molecule has 3 heteroatoms. The normalized spacial score (nSPS) is 24.1. The predicted molar refractivity (Wildman–Crippen MR) is 55.7 cm³/mol. The van der Waals surface area contributed by atoms with Gasteiger partial charge in [0, 0.05) is 20.1 Å². The van der Waals surface area contributed by atoms with E-state index in [9.17, 15) is 4.79 Å². The summed E-state index contributed by atoms with van der Waals surface area (Å²) in [6.45, 7) is 1.47. The van der Waals surface area contributed by atoms with E-state index in [1.165, 1.54) is 19.3 Å². The van der Waals surface area contributed by atoms with Gasteiger partial charge in [0.1, 0.15) is 0 Å². The van der Waals surface area contributed by atoms with E-state index in [4.69, 9.17) is 5.73 Å². The van der Waals surface area contributed by atoms with E-state index in [0.717, 1.165) is 25.3 Å². The molecule has 14 heavy (non-hydrogen) atoms. The number of amides is 1. The quantitative estimate of drug-likeness (QED) is 0.728. The maximum atomic E-state index is 12.0. The van der Waals surface area contributed by atoms with Crippen molar-refractivity contribution in [2.45, 2.75) is 32.1 Å². The van der Waals surface area contributed by atoms with Crippen LogP contribution in [0, 0.1) is 11.3 Å². The average molecular weight is 196 g/mol. The zero-order valence-corrected chi connectivity index (χ0v) is 8.96. The van der Waals surface area contributed by atoms with Crippen LogP contribution in [-0.2, 0) is 4.79 Å². The Bertz CT molecular complexity index is 231. The van der Waals surface area contributed by atoms with Gasteiger partial charge in [0.25, 0.3) is 0 Å². The fraction of sp³-hybridized carbons (Fsp3) is 0.909. The molecule has 0 radical (unpaired) electrons. The molecule has 1 amide bonds. The van der Waals surface area contributed by atoms with Crippen LogP contribution in [0.3, 0.4) is 0 Å². The second-order valence-corrected chi connectivity index (χ2v) is 4.97. The first-order valence-corrected chi connectivity index (χ1v) is 5.63. The molecule has 2 rings (SSSR count). The summed E-state index contributed by atoms with van der Waals surface area (Å²) in [6, 6.07) is 0. The largest absolute Gasteiger partial charge is 0.345 e. The molecule has 80 valence electrons. The first kappa shape index (κ1) is 9.97. The van der Waals surface area contributed by atoms with Crippen LogP contribution in [0.15, 0.2) is 0 Å². The van der Waals surface area contributed by atoms with Crippen molar-refractivity contribution in [3.63, 3.8) is 0 Å². The number of nitrogens with zero attached hydrogens (tertiary/aromatic N) is 1. The summed E-state index contributed by atoms with van der Waals surface area (Å²) in [5.74, 6) is 1.05. The Morgan fingerprint density at radius 1 is 1.50 bits per heavy atom. The molecule has 0 atom stereocenters. The van der Waals surface area contributed by atoms with Crippen molar-refractivity contribution < 1.29 is 4.79 Å². The summed E-state index contributed by atoms with van der Waals surface area (Å²) in [5.41, 5.74) is 5.48. The Morgan fingerprint density at radius 3 is 2.50 bits per heavy atom. The second kappa shape index (κ2) is 3.54. The van der Waals surface area contributed by atoms with Crippen molar-refractivity contribution in [3.05, 3.63) is 0 Å². The van der Waals surface area contributed by atoms with Gasteiger partial charge < -0.3 is 10.6 Å². The lowest BCUT2D eigenvalue weighted by Crippen LogP contribution is -2.41. The van der Waals surface area contributed by atoms with Crippen LogP contribution in [-0.4, -0.2) is 30.9 Å². The van der Waals surface area contributed by atoms with E-state index in [2.05, 4.69) is 0 Å². The molecule has 0 aromatic rings. The third-order valence-electron chi connectivity index (χ3n) is 3.80. The molecule has 0 saturated heterocycles. The van der Waals surface area contributed by atoms with E-state index in [1.807, 2.05) is 11.9 Å². The van der Waals surface area contributed by atoms with Crippen molar-refractivity contribution in [1.82, 2.24) is 4.90 Å². The minimum atomic E-state index is -0.154. The number of carbonyl (C=O) groups is 1. The lowest BCUT2D eigenvalue weighted by Gasteiger charge is -2.31. The van der Waals surface area contributed by atoms with Gasteiger partial charge in [-0.05, 0) is 31.6 Å². The number of hydrogen-bond acceptors (Lipinski definition) is 2. The van der Waals surface area contributed by atoms with Crippen molar-refractivity contribution in [3.8, 4) is 0 Å². The molecule has 2 fully saturated rings. The zero-order valence-electron chi connectivity index (χ0n) is 8.96. The summed E-state index contributed by atoms with van der Waals surface area (Å²) in [4.78, 5) is 13.9. The number of nitrogens with two attached hydrogens (primary N) is 1. The van der Waals surface area contributed by atoms with E-state index >= 15 is 0 Å². The van der Waals surface area contributed by atoms with Gasteiger partial charge in [-0.25, -0.2) is 0 Å². The Labute approximate surface area is 85.6 Å². The minimum absolute atomic E-state index is 0.154. The highest BCUT2D eigenvalue weighted by atomic mass is 16.2. The fourth-order valence-corrected chi connectivity index (χ4v) is 2.21. The Balaban J connectivity index is 1.84. The SMILES string of the molecule is CN(CC1CCC1)C(=O)C1(CN)CC1. The monoisotopic (exact) mass is 196 g/mol. The van der Waals surface area contributed by atoms with E-state index in [0.29, 0.717) is 6.54 Å². The molecular formula is C11H20N2O. The molecule has 0 aromatic carbocycles. The number of carbonyl (C=O) groups excluding carboxylic acids is 1. The number of rotatable bonds is 4. The van der Waals surface area contributed by atoms with Crippen LogP contribution in [0.1, 0.15) is 32.1 Å². The molecule has 0 aromatic heterocycles. The highest BCUT2D eigenvalue weighted by Gasteiger charge is 2.50.